The van der Waals surface area contributed by atoms with Crippen LogP contribution in [0.4, 0.5) is 5.69 Å². The number of fused-ring (bicyclic) bond motifs is 1. The molecule has 4 heterocycles. The summed E-state index contributed by atoms with van der Waals surface area (Å²) in [7, 11) is -0.0739. The van der Waals surface area contributed by atoms with Gasteiger partial charge in [-0.1, -0.05) is 49.1 Å². The Kier molecular flexibility index (Phi) is 8.82. The summed E-state index contributed by atoms with van der Waals surface area (Å²) in [5.41, 5.74) is 3.96. The Bertz CT molecular complexity index is 1850. The number of anilines is 1. The van der Waals surface area contributed by atoms with Crippen molar-refractivity contribution in [1.82, 2.24) is 18.4 Å². The molecule has 1 aliphatic heterocycles. The number of hydrogen-bond donors (Lipinski definition) is 0. The number of likely N-dealkylation sites (N-methyl/N-ethyl adjacent to an activating group) is 1. The van der Waals surface area contributed by atoms with Crippen LogP contribution in [0, 0.1) is 6.92 Å². The van der Waals surface area contributed by atoms with Crippen molar-refractivity contribution < 1.29 is 13.2 Å². The average molecular weight is 600 g/mol. The molecule has 224 valence electrons. The predicted molar refractivity (Wildman–Crippen MR) is 172 cm³/mol. The largest absolute Gasteiger partial charge is 0.378 e. The molecule has 1 aromatic carbocycles. The van der Waals surface area contributed by atoms with Crippen LogP contribution < -0.4 is 10.5 Å². The molecule has 5 rings (SSSR count). The summed E-state index contributed by atoms with van der Waals surface area (Å²) in [6.45, 7) is 12.8. The van der Waals surface area contributed by atoms with E-state index in [-0.39, 0.29) is 16.5 Å². The van der Waals surface area contributed by atoms with Gasteiger partial charge in [-0.2, -0.15) is 0 Å². The first-order valence-corrected chi connectivity index (χ1v) is 15.6. The molecule has 0 amide bonds. The number of morpholine rings is 1. The number of aromatic nitrogens is 3. The van der Waals surface area contributed by atoms with Gasteiger partial charge < -0.3 is 19.1 Å². The highest BCUT2D eigenvalue weighted by Gasteiger charge is 2.25. The van der Waals surface area contributed by atoms with Gasteiger partial charge in [0.05, 0.1) is 36.0 Å². The highest BCUT2D eigenvalue weighted by Crippen LogP contribution is 2.34. The molecule has 4 aromatic rings. The van der Waals surface area contributed by atoms with E-state index in [0.717, 1.165) is 16.8 Å². The Morgan fingerprint density at radius 2 is 1.84 bits per heavy atom. The molecule has 0 saturated carbocycles. The number of ether oxygens (including phenoxy) is 1. The summed E-state index contributed by atoms with van der Waals surface area (Å²) in [5, 5.41) is 0.639. The van der Waals surface area contributed by atoms with Gasteiger partial charge in [0, 0.05) is 49.0 Å². The minimum atomic E-state index is -3.97. The monoisotopic (exact) mass is 599 g/mol. The van der Waals surface area contributed by atoms with Crippen LogP contribution >= 0.6 is 0 Å². The van der Waals surface area contributed by atoms with Crippen molar-refractivity contribution in [3.8, 4) is 11.1 Å². The molecule has 1 atom stereocenters. The van der Waals surface area contributed by atoms with Gasteiger partial charge in [-0.15, -0.1) is 0 Å². The third kappa shape index (κ3) is 6.13. The lowest BCUT2D eigenvalue weighted by Crippen LogP contribution is -2.36. The molecule has 1 fully saturated rings. The second-order valence-corrected chi connectivity index (χ2v) is 12.7. The maximum absolute atomic E-state index is 13.9. The van der Waals surface area contributed by atoms with E-state index >= 15 is 0 Å². The van der Waals surface area contributed by atoms with Crippen LogP contribution in [0.25, 0.3) is 22.2 Å². The zero-order valence-electron chi connectivity index (χ0n) is 24.8. The van der Waals surface area contributed by atoms with Crippen LogP contribution in [0.15, 0.2) is 108 Å². The van der Waals surface area contributed by atoms with Crippen LogP contribution in [0.1, 0.15) is 11.6 Å². The summed E-state index contributed by atoms with van der Waals surface area (Å²) in [6.07, 6.45) is 10.3. The molecule has 1 saturated heterocycles. The topological polar surface area (TPSA) is 89.7 Å². The zero-order valence-corrected chi connectivity index (χ0v) is 25.6. The van der Waals surface area contributed by atoms with Gasteiger partial charge >= 0.3 is 0 Å². The molecule has 0 bridgehead atoms. The highest BCUT2D eigenvalue weighted by atomic mass is 32.2. The molecular formula is C33H37N5O4S. The van der Waals surface area contributed by atoms with Crippen LogP contribution in [0.2, 0.25) is 0 Å². The molecule has 0 radical (unpaired) electrons. The van der Waals surface area contributed by atoms with E-state index in [1.165, 1.54) is 3.97 Å². The molecule has 3 aromatic heterocycles. The normalized spacial score (nSPS) is 15.2. The SMILES string of the molecule is C=C/C=C(\C=C)C(CN(C)C)n1ccc(-c2cn(S(=O)(=O)c3ccc(C)cc3)c3ncc(N4CCOCC4)cc23)cc1=O. The van der Waals surface area contributed by atoms with E-state index in [1.807, 2.05) is 44.1 Å². The van der Waals surface area contributed by atoms with Crippen molar-refractivity contribution >= 4 is 26.7 Å². The highest BCUT2D eigenvalue weighted by molar-refractivity contribution is 7.90. The number of pyridine rings is 2. The Hall–Kier alpha value is -4.25. The fraction of sp³-hybridized carbons (Fsp3) is 0.273. The lowest BCUT2D eigenvalue weighted by molar-refractivity contribution is 0.122. The summed E-state index contributed by atoms with van der Waals surface area (Å²) in [4.78, 5) is 22.6. The van der Waals surface area contributed by atoms with E-state index in [4.69, 9.17) is 4.74 Å². The minimum absolute atomic E-state index is 0.161. The molecule has 0 aliphatic carbocycles. The summed E-state index contributed by atoms with van der Waals surface area (Å²) < 4.78 is 36.1. The third-order valence-electron chi connectivity index (χ3n) is 7.62. The van der Waals surface area contributed by atoms with Crippen molar-refractivity contribution in [3.05, 3.63) is 114 Å². The van der Waals surface area contributed by atoms with Crippen molar-refractivity contribution in [3.63, 3.8) is 0 Å². The van der Waals surface area contributed by atoms with Gasteiger partial charge in [-0.25, -0.2) is 17.4 Å². The first kappa shape index (κ1) is 30.2. The number of allylic oxidation sites excluding steroid dienone is 3. The first-order chi connectivity index (χ1) is 20.6. The number of benzene rings is 1. The van der Waals surface area contributed by atoms with Crippen molar-refractivity contribution in [2.24, 2.45) is 0 Å². The summed E-state index contributed by atoms with van der Waals surface area (Å²) in [5.74, 6) is 0. The van der Waals surface area contributed by atoms with Crippen molar-refractivity contribution in [2.45, 2.75) is 17.9 Å². The molecule has 43 heavy (non-hydrogen) atoms. The van der Waals surface area contributed by atoms with E-state index in [1.54, 1.807) is 65.6 Å². The second kappa shape index (κ2) is 12.5. The molecule has 10 heteroatoms. The lowest BCUT2D eigenvalue weighted by Gasteiger charge is -2.28. The lowest BCUT2D eigenvalue weighted by atomic mass is 10.0. The van der Waals surface area contributed by atoms with Gasteiger partial charge in [0.25, 0.3) is 15.6 Å². The maximum atomic E-state index is 13.9. The summed E-state index contributed by atoms with van der Waals surface area (Å²) >= 11 is 0. The molecule has 9 nitrogen and oxygen atoms in total. The van der Waals surface area contributed by atoms with Crippen molar-refractivity contribution in [1.29, 1.82) is 0 Å². The van der Waals surface area contributed by atoms with E-state index in [9.17, 15) is 13.2 Å². The fourth-order valence-electron chi connectivity index (χ4n) is 5.37. The van der Waals surface area contributed by atoms with Gasteiger partial charge in [0.15, 0.2) is 5.65 Å². The molecule has 1 aliphatic rings. The standard InChI is InChI=1S/C33H37N5O4S/c1-6-8-25(7-2)31(23-35(4)5)37-14-13-26(19-32(37)39)30-22-38(43(40,41)28-11-9-24(3)10-12-28)33-29(30)20-27(21-34-33)36-15-17-42-18-16-36/h6-14,19-22,31H,1-2,15-18,23H2,3-5H3/b25-8+. The molecule has 0 N–H and O–H groups in total. The smallest absolute Gasteiger partial charge is 0.269 e. The fourth-order valence-corrected chi connectivity index (χ4v) is 6.69. The first-order valence-electron chi connectivity index (χ1n) is 14.1. The van der Waals surface area contributed by atoms with Crippen LogP contribution in [-0.2, 0) is 14.8 Å². The number of hydrogen-bond acceptors (Lipinski definition) is 7. The number of rotatable bonds is 10. The van der Waals surface area contributed by atoms with Gasteiger partial charge in [-0.05, 0) is 56.4 Å². The van der Waals surface area contributed by atoms with Crippen LogP contribution in [0.5, 0.6) is 0 Å². The van der Waals surface area contributed by atoms with Crippen molar-refractivity contribution in [2.75, 3.05) is 51.8 Å². The summed E-state index contributed by atoms with van der Waals surface area (Å²) in [6, 6.07) is 11.8. The second-order valence-electron chi connectivity index (χ2n) is 10.9. The Morgan fingerprint density at radius 1 is 1.12 bits per heavy atom. The van der Waals surface area contributed by atoms with Gasteiger partial charge in [-0.3, -0.25) is 4.79 Å². The van der Waals surface area contributed by atoms with E-state index in [2.05, 4.69) is 23.0 Å². The number of nitrogens with zero attached hydrogens (tertiary/aromatic N) is 5. The van der Waals surface area contributed by atoms with Gasteiger partial charge in [0.1, 0.15) is 0 Å². The number of aryl methyl sites for hydroxylation is 1. The molecule has 0 spiro atoms. The predicted octanol–water partition coefficient (Wildman–Crippen LogP) is 4.65. The molecular weight excluding hydrogens is 562 g/mol. The quantitative estimate of drug-likeness (QED) is 0.245. The Labute approximate surface area is 252 Å². The molecule has 1 unspecified atom stereocenters. The van der Waals surface area contributed by atoms with E-state index < -0.39 is 10.0 Å². The van der Waals surface area contributed by atoms with Crippen LogP contribution in [-0.4, -0.2) is 73.8 Å². The Morgan fingerprint density at radius 3 is 2.47 bits per heavy atom. The third-order valence-corrected chi connectivity index (χ3v) is 9.28. The zero-order chi connectivity index (χ0) is 30.7. The average Bonchev–Trinajstić information content (AvgIpc) is 3.39. The van der Waals surface area contributed by atoms with Crippen LogP contribution in [0.3, 0.4) is 0 Å². The minimum Gasteiger partial charge on any atom is -0.378 e. The van der Waals surface area contributed by atoms with Gasteiger partial charge in [0.2, 0.25) is 0 Å². The van der Waals surface area contributed by atoms with E-state index in [0.29, 0.717) is 55.0 Å². The Balaban J connectivity index is 1.68. The maximum Gasteiger partial charge on any atom is 0.269 e.